The quantitative estimate of drug-likeness (QED) is 0.0453. The van der Waals surface area contributed by atoms with Crippen LogP contribution in [0.15, 0.2) is 131 Å². The molecule has 404 valence electrons. The average Bonchev–Trinajstić information content (AvgIpc) is 3.39. The van der Waals surface area contributed by atoms with Crippen LogP contribution >= 0.6 is 11.6 Å². The summed E-state index contributed by atoms with van der Waals surface area (Å²) in [4.78, 5) is 29.9. The van der Waals surface area contributed by atoms with Crippen molar-refractivity contribution in [2.24, 2.45) is 0 Å². The van der Waals surface area contributed by atoms with Gasteiger partial charge in [-0.2, -0.15) is 0 Å². The number of sulfonamides is 2. The van der Waals surface area contributed by atoms with Crippen LogP contribution in [0, 0.1) is 0 Å². The van der Waals surface area contributed by atoms with E-state index in [0.29, 0.717) is 75.5 Å². The third-order valence-corrected chi connectivity index (χ3v) is 13.1. The van der Waals surface area contributed by atoms with Gasteiger partial charge in [0.05, 0.1) is 63.3 Å². The first kappa shape index (κ1) is 59.0. The molecule has 0 aliphatic carbocycles. The molecule has 8 aromatic rings. The molecule has 8 rings (SSSR count). The number of benzene rings is 4. The van der Waals surface area contributed by atoms with E-state index in [0.717, 1.165) is 6.54 Å². The molecular weight excluding hydrogens is 1040 g/mol. The van der Waals surface area contributed by atoms with Crippen LogP contribution in [0.2, 0.25) is 5.15 Å². The molecule has 0 aliphatic heterocycles. The number of methoxy groups -OCH3 is 4. The topological polar surface area (TPSA) is 267 Å². The molecule has 76 heavy (non-hydrogen) atoms. The Balaban J connectivity index is 0.000000252. The molecule has 0 radical (unpaired) electrons. The summed E-state index contributed by atoms with van der Waals surface area (Å²) in [5, 5.41) is 14.6. The number of nitrogens with one attached hydrogen (secondary N) is 4. The number of fused-ring (bicyclic) bond motifs is 2. The van der Waals surface area contributed by atoms with Crippen molar-refractivity contribution in [2.75, 3.05) is 103 Å². The molecule has 0 spiro atoms. The van der Waals surface area contributed by atoms with Gasteiger partial charge in [-0.15, -0.1) is 0 Å². The van der Waals surface area contributed by atoms with E-state index < -0.39 is 20.0 Å². The molecule has 4 aromatic carbocycles. The van der Waals surface area contributed by atoms with Gasteiger partial charge >= 0.3 is 0 Å². The lowest BCUT2D eigenvalue weighted by Gasteiger charge is -2.15. The van der Waals surface area contributed by atoms with Crippen molar-refractivity contribution in [3.63, 3.8) is 0 Å². The van der Waals surface area contributed by atoms with E-state index in [1.165, 1.54) is 50.9 Å². The fourth-order valence-corrected chi connectivity index (χ4v) is 8.41. The number of hydrogen-bond donors (Lipinski definition) is 5. The molecule has 0 amide bonds. The zero-order valence-corrected chi connectivity index (χ0v) is 44.7. The number of pyridine rings is 2. The number of halogens is 1. The normalized spacial score (nSPS) is 11.1. The molecule has 0 saturated carbocycles. The first-order valence-electron chi connectivity index (χ1n) is 22.6. The molecule has 4 heterocycles. The maximum atomic E-state index is 13.2. The minimum absolute atomic E-state index is 0. The monoisotopic (exact) mass is 1100 g/mol. The van der Waals surface area contributed by atoms with Gasteiger partial charge in [0, 0.05) is 73.1 Å². The van der Waals surface area contributed by atoms with E-state index in [4.69, 9.17) is 40.4 Å². The van der Waals surface area contributed by atoms with Crippen LogP contribution in [0.1, 0.15) is 7.43 Å². The van der Waals surface area contributed by atoms with Crippen LogP contribution < -0.4 is 43.8 Å². The van der Waals surface area contributed by atoms with E-state index in [1.54, 1.807) is 87.0 Å². The highest BCUT2D eigenvalue weighted by Crippen LogP contribution is 2.33. The van der Waals surface area contributed by atoms with Crippen LogP contribution in [-0.2, 0) is 20.0 Å². The van der Waals surface area contributed by atoms with Crippen LogP contribution in [0.3, 0.4) is 0 Å². The largest absolute Gasteiger partial charge is 0.497 e. The summed E-state index contributed by atoms with van der Waals surface area (Å²) in [7, 11) is 5.83. The Kier molecular flexibility index (Phi) is 21.4. The maximum absolute atomic E-state index is 13.2. The van der Waals surface area contributed by atoms with Gasteiger partial charge in [-0.1, -0.05) is 43.3 Å². The average molecular weight is 1100 g/mol. The molecule has 0 fully saturated rings. The minimum Gasteiger partial charge on any atom is -0.497 e. The van der Waals surface area contributed by atoms with Crippen molar-refractivity contribution >= 4 is 88.4 Å². The van der Waals surface area contributed by atoms with Crippen LogP contribution in [-0.4, -0.2) is 145 Å². The van der Waals surface area contributed by atoms with Crippen molar-refractivity contribution in [1.29, 1.82) is 0 Å². The van der Waals surface area contributed by atoms with Crippen LogP contribution in [0.5, 0.6) is 28.9 Å². The van der Waals surface area contributed by atoms with Crippen molar-refractivity contribution in [2.45, 2.75) is 17.2 Å². The smallest absolute Gasteiger partial charge is 0.264 e. The van der Waals surface area contributed by atoms with E-state index in [2.05, 4.69) is 50.0 Å². The summed E-state index contributed by atoms with van der Waals surface area (Å²) < 4.78 is 84.1. The summed E-state index contributed by atoms with van der Waals surface area (Å²) in [5.41, 5.74) is 3.36. The Morgan fingerprint density at radius 2 is 0.908 bits per heavy atom. The number of anilines is 6. The van der Waals surface area contributed by atoms with Gasteiger partial charge in [0.2, 0.25) is 5.88 Å². The van der Waals surface area contributed by atoms with Gasteiger partial charge < -0.3 is 49.2 Å². The Morgan fingerprint density at radius 1 is 0.526 bits per heavy atom. The lowest BCUT2D eigenvalue weighted by atomic mass is 10.2. The Labute approximate surface area is 447 Å². The molecule has 22 nitrogen and oxygen atoms in total. The van der Waals surface area contributed by atoms with Crippen molar-refractivity contribution in [3.05, 3.63) is 127 Å². The summed E-state index contributed by atoms with van der Waals surface area (Å²) in [6, 6.07) is 30.3. The zero-order valence-electron chi connectivity index (χ0n) is 42.3. The predicted octanol–water partition coefficient (Wildman–Crippen LogP) is 7.94. The second-order valence-corrected chi connectivity index (χ2v) is 20.1. The third kappa shape index (κ3) is 16.8. The standard InChI is InChI=1S/C25H28N6O5S.C21H18ClN5O4S.C4H11NO.CH4/c1-31(2)11-12-36-23-10-9-20(16-26-23)37(32,33)30-25-24(28-21-7-5-6-8-22(21)29-25)27-17-13-18(34-3)15-19(14-17)35-4;1-30-14-9-13(10-15(11-14)31-2)24-20-21(26-18-6-4-3-5-17(18)25-20)27-32(28,29)16-7-8-19(22)23-12-16;1-5(2)3-4-6;/h5-10,13-16H,11-12H2,1-4H3,(H,27,28)(H,29,30);3-12H,1-2H3,(H,24,25)(H,26,27);6H,3-4H2,1-2H3;1H4. The first-order valence-corrected chi connectivity index (χ1v) is 26.0. The molecule has 4 aromatic heterocycles. The number of ether oxygens (including phenoxy) is 5. The highest BCUT2D eigenvalue weighted by molar-refractivity contribution is 7.93. The fraction of sp³-hybridized carbons (Fsp3) is 0.255. The number of para-hydroxylation sites is 4. The fourth-order valence-electron chi connectivity index (χ4n) is 6.39. The second kappa shape index (κ2) is 27.6. The van der Waals surface area contributed by atoms with Crippen LogP contribution in [0.4, 0.5) is 34.6 Å². The van der Waals surface area contributed by atoms with Gasteiger partial charge in [0.1, 0.15) is 44.5 Å². The number of aromatic nitrogens is 6. The molecule has 0 atom stereocenters. The Morgan fingerprint density at radius 3 is 1.22 bits per heavy atom. The lowest BCUT2D eigenvalue weighted by molar-refractivity contribution is 0.243. The van der Waals surface area contributed by atoms with Crippen molar-refractivity contribution in [3.8, 4) is 28.9 Å². The molecule has 0 saturated heterocycles. The first-order chi connectivity index (χ1) is 35.9. The van der Waals surface area contributed by atoms with Crippen LogP contribution in [0.25, 0.3) is 22.1 Å². The van der Waals surface area contributed by atoms with E-state index in [-0.39, 0.29) is 52.2 Å². The number of rotatable bonds is 20. The number of aliphatic hydroxyl groups excluding tert-OH is 1. The van der Waals surface area contributed by atoms with Gasteiger partial charge in [-0.05, 0) is 70.7 Å². The predicted molar refractivity (Wildman–Crippen MR) is 296 cm³/mol. The third-order valence-electron chi connectivity index (χ3n) is 10.2. The number of hydrogen-bond acceptors (Lipinski definition) is 20. The van der Waals surface area contributed by atoms with Gasteiger partial charge in [-0.25, -0.2) is 46.7 Å². The van der Waals surface area contributed by atoms with E-state index in [1.807, 2.05) is 50.1 Å². The molecule has 0 unspecified atom stereocenters. The molecule has 0 aliphatic rings. The maximum Gasteiger partial charge on any atom is 0.264 e. The molecule has 5 N–H and O–H groups in total. The number of likely N-dealkylation sites (N-methyl/N-ethyl adjacent to an activating group) is 2. The zero-order chi connectivity index (χ0) is 54.1. The Hall–Kier alpha value is -7.87. The SMILES string of the molecule is C.CN(C)CCO.COc1cc(Nc2nc3ccccc3nc2NS(=O)(=O)c2ccc(Cl)nc2)cc(OC)c1.COc1cc(Nc2nc3ccccc3nc2NS(=O)(=O)c2ccc(OCCN(C)C)nc2)cc(OC)c1. The summed E-state index contributed by atoms with van der Waals surface area (Å²) in [5.74, 6) is 2.98. The number of nitrogens with zero attached hydrogens (tertiary/aromatic N) is 8. The number of aliphatic hydroxyl groups is 1. The van der Waals surface area contributed by atoms with Gasteiger partial charge in [-0.3, -0.25) is 9.44 Å². The van der Waals surface area contributed by atoms with Crippen molar-refractivity contribution in [1.82, 2.24) is 39.7 Å². The second-order valence-electron chi connectivity index (χ2n) is 16.3. The summed E-state index contributed by atoms with van der Waals surface area (Å²) in [6.07, 6.45) is 2.40. The van der Waals surface area contributed by atoms with E-state index >= 15 is 0 Å². The van der Waals surface area contributed by atoms with E-state index in [9.17, 15) is 16.8 Å². The molecular formula is C51H61ClN12O10S2. The lowest BCUT2D eigenvalue weighted by Crippen LogP contribution is -2.20. The van der Waals surface area contributed by atoms with Crippen molar-refractivity contribution < 1.29 is 45.6 Å². The minimum atomic E-state index is -4.04. The molecule has 0 bridgehead atoms. The Bertz CT molecular complexity index is 3360. The highest BCUT2D eigenvalue weighted by atomic mass is 35.5. The summed E-state index contributed by atoms with van der Waals surface area (Å²) in [6.45, 7) is 2.16. The molecule has 25 heteroatoms. The van der Waals surface area contributed by atoms with Gasteiger partial charge in [0.15, 0.2) is 23.3 Å². The highest BCUT2D eigenvalue weighted by Gasteiger charge is 2.22. The van der Waals surface area contributed by atoms with Gasteiger partial charge in [0.25, 0.3) is 20.0 Å². The summed E-state index contributed by atoms with van der Waals surface area (Å²) >= 11 is 5.77.